The van der Waals surface area contributed by atoms with Gasteiger partial charge in [-0.2, -0.15) is 0 Å². The minimum Gasteiger partial charge on any atom is -0.299 e. The Labute approximate surface area is 188 Å². The van der Waals surface area contributed by atoms with E-state index in [-0.39, 0.29) is 39.3 Å². The number of halogens is 2. The van der Waals surface area contributed by atoms with Crippen LogP contribution in [-0.4, -0.2) is 19.1 Å². The molecule has 0 aliphatic carbocycles. The Hall–Kier alpha value is -2.94. The van der Waals surface area contributed by atoms with E-state index in [4.69, 9.17) is 23.2 Å². The van der Waals surface area contributed by atoms with Crippen LogP contribution in [0.1, 0.15) is 11.1 Å². The quantitative estimate of drug-likeness (QED) is 0.359. The molecule has 1 N–H and O–H groups in total. The summed E-state index contributed by atoms with van der Waals surface area (Å²) in [7, 11) is -3.87. The average molecular weight is 479 g/mol. The van der Waals surface area contributed by atoms with E-state index in [2.05, 4.69) is 4.72 Å². The summed E-state index contributed by atoms with van der Waals surface area (Å²) in [6.45, 7) is 0. The lowest BCUT2D eigenvalue weighted by Gasteiger charge is -2.10. The fourth-order valence-electron chi connectivity index (χ4n) is 2.89. The fraction of sp³-hybridized carbons (Fsp3) is 0.0952. The topological polar surface area (TPSA) is 106 Å². The monoisotopic (exact) mass is 478 g/mol. The number of rotatable bonds is 8. The number of carbonyl (C=O) groups excluding carboxylic acids is 1. The molecular formula is C21H16Cl2N2O5S. The molecule has 3 rings (SSSR count). The molecule has 0 aliphatic heterocycles. The summed E-state index contributed by atoms with van der Waals surface area (Å²) in [5, 5.41) is 11.4. The Bertz CT molecular complexity index is 1240. The van der Waals surface area contributed by atoms with Gasteiger partial charge in [-0.25, -0.2) is 8.42 Å². The van der Waals surface area contributed by atoms with Gasteiger partial charge in [-0.15, -0.1) is 0 Å². The molecule has 0 unspecified atom stereocenters. The predicted molar refractivity (Wildman–Crippen MR) is 119 cm³/mol. The fourth-order valence-corrected chi connectivity index (χ4v) is 4.34. The zero-order chi connectivity index (χ0) is 22.6. The third-order valence-electron chi connectivity index (χ3n) is 4.38. The number of benzene rings is 3. The SMILES string of the molecule is O=C(Cc1ccc(NS(=O)(=O)c2ccc(Cl)c(Cl)c2)cc1)Cc1ccccc1[N+](=O)[O-]. The second kappa shape index (κ2) is 9.47. The van der Waals surface area contributed by atoms with Gasteiger partial charge in [0.25, 0.3) is 15.7 Å². The molecule has 10 heteroatoms. The van der Waals surface area contributed by atoms with Crippen LogP contribution in [0.3, 0.4) is 0 Å². The number of hydrogen-bond acceptors (Lipinski definition) is 5. The molecule has 160 valence electrons. The lowest BCUT2D eigenvalue weighted by molar-refractivity contribution is -0.385. The maximum absolute atomic E-state index is 12.5. The largest absolute Gasteiger partial charge is 0.299 e. The Kier molecular flexibility index (Phi) is 6.94. The van der Waals surface area contributed by atoms with E-state index in [1.807, 2.05) is 0 Å². The number of para-hydroxylation sites is 1. The van der Waals surface area contributed by atoms with Crippen LogP contribution in [0.15, 0.2) is 71.6 Å². The number of nitro benzene ring substituents is 1. The van der Waals surface area contributed by atoms with Crippen LogP contribution in [0, 0.1) is 10.1 Å². The van der Waals surface area contributed by atoms with Crippen molar-refractivity contribution in [3.63, 3.8) is 0 Å². The molecule has 0 aliphatic rings. The summed E-state index contributed by atoms with van der Waals surface area (Å²) < 4.78 is 27.4. The third-order valence-corrected chi connectivity index (χ3v) is 6.50. The molecule has 0 spiro atoms. The molecule has 0 aromatic heterocycles. The molecule has 0 fully saturated rings. The Balaban J connectivity index is 1.67. The van der Waals surface area contributed by atoms with Gasteiger partial charge in [-0.3, -0.25) is 19.6 Å². The van der Waals surface area contributed by atoms with E-state index >= 15 is 0 Å². The van der Waals surface area contributed by atoms with Crippen molar-refractivity contribution in [2.24, 2.45) is 0 Å². The third kappa shape index (κ3) is 5.81. The van der Waals surface area contributed by atoms with Gasteiger partial charge in [0.15, 0.2) is 0 Å². The number of sulfonamides is 1. The second-order valence-corrected chi connectivity index (χ2v) is 9.15. The van der Waals surface area contributed by atoms with Crippen molar-refractivity contribution in [3.05, 3.63) is 98.0 Å². The summed E-state index contributed by atoms with van der Waals surface area (Å²) in [6.07, 6.45) is -0.00523. The number of nitrogens with zero attached hydrogens (tertiary/aromatic N) is 1. The van der Waals surface area contributed by atoms with Crippen LogP contribution < -0.4 is 4.72 Å². The van der Waals surface area contributed by atoms with Crippen LogP contribution in [0.5, 0.6) is 0 Å². The number of nitrogens with one attached hydrogen (secondary N) is 1. The van der Waals surface area contributed by atoms with Crippen molar-refractivity contribution < 1.29 is 18.1 Å². The first-order valence-electron chi connectivity index (χ1n) is 8.96. The highest BCUT2D eigenvalue weighted by atomic mass is 35.5. The van der Waals surface area contributed by atoms with E-state index in [9.17, 15) is 23.3 Å². The first kappa shape index (κ1) is 22.7. The van der Waals surface area contributed by atoms with Crippen LogP contribution >= 0.6 is 23.2 Å². The Morgan fingerprint density at radius 3 is 2.26 bits per heavy atom. The molecule has 0 amide bonds. The number of ketones is 1. The van der Waals surface area contributed by atoms with Gasteiger partial charge in [0.2, 0.25) is 0 Å². The van der Waals surface area contributed by atoms with Gasteiger partial charge in [0, 0.05) is 30.2 Å². The molecule has 7 nitrogen and oxygen atoms in total. The molecule has 3 aromatic carbocycles. The summed E-state index contributed by atoms with van der Waals surface area (Å²) >= 11 is 11.7. The maximum Gasteiger partial charge on any atom is 0.273 e. The molecule has 3 aromatic rings. The lowest BCUT2D eigenvalue weighted by atomic mass is 10.0. The molecule has 0 bridgehead atoms. The minimum atomic E-state index is -3.87. The van der Waals surface area contributed by atoms with E-state index in [1.165, 1.54) is 36.4 Å². The van der Waals surface area contributed by atoms with Gasteiger partial charge in [-0.1, -0.05) is 53.5 Å². The smallest absolute Gasteiger partial charge is 0.273 e. The van der Waals surface area contributed by atoms with Crippen LogP contribution in [0.4, 0.5) is 11.4 Å². The molecule has 0 saturated heterocycles. The first-order valence-corrected chi connectivity index (χ1v) is 11.2. The summed E-state index contributed by atoms with van der Waals surface area (Å²) in [5.74, 6) is -0.196. The number of anilines is 1. The van der Waals surface area contributed by atoms with Crippen molar-refractivity contribution in [2.75, 3.05) is 4.72 Å². The molecule has 0 saturated carbocycles. The summed E-state index contributed by atoms with van der Waals surface area (Å²) in [4.78, 5) is 22.9. The Morgan fingerprint density at radius 2 is 1.61 bits per heavy atom. The number of carbonyl (C=O) groups is 1. The van der Waals surface area contributed by atoms with E-state index in [0.717, 1.165) is 0 Å². The highest BCUT2D eigenvalue weighted by Gasteiger charge is 2.17. The highest BCUT2D eigenvalue weighted by molar-refractivity contribution is 7.92. The molecule has 0 atom stereocenters. The molecule has 31 heavy (non-hydrogen) atoms. The first-order chi connectivity index (χ1) is 14.7. The zero-order valence-electron chi connectivity index (χ0n) is 15.9. The second-order valence-electron chi connectivity index (χ2n) is 6.66. The lowest BCUT2D eigenvalue weighted by Crippen LogP contribution is -2.13. The zero-order valence-corrected chi connectivity index (χ0v) is 18.2. The van der Waals surface area contributed by atoms with Gasteiger partial charge in [0.1, 0.15) is 5.78 Å². The van der Waals surface area contributed by atoms with Crippen LogP contribution in [0.25, 0.3) is 0 Å². The van der Waals surface area contributed by atoms with E-state index < -0.39 is 14.9 Å². The van der Waals surface area contributed by atoms with Crippen LogP contribution in [0.2, 0.25) is 10.0 Å². The van der Waals surface area contributed by atoms with Crippen molar-refractivity contribution in [3.8, 4) is 0 Å². The predicted octanol–water partition coefficient (Wildman–Crippen LogP) is 5.06. The van der Waals surface area contributed by atoms with Crippen molar-refractivity contribution in [2.45, 2.75) is 17.7 Å². The maximum atomic E-state index is 12.5. The standard InChI is InChI=1S/C21H16Cl2N2O5S/c22-19-10-9-18(13-20(19)23)31(29,30)24-16-7-5-14(6-8-16)11-17(26)12-15-3-1-2-4-21(15)25(27)28/h1-10,13,24H,11-12H2. The normalized spacial score (nSPS) is 11.2. The van der Waals surface area contributed by atoms with Crippen molar-refractivity contribution in [1.29, 1.82) is 0 Å². The minimum absolute atomic E-state index is 0.0365. The summed E-state index contributed by atoms with van der Waals surface area (Å²) in [5.41, 5.74) is 1.22. The van der Waals surface area contributed by atoms with E-state index in [0.29, 0.717) is 16.8 Å². The molecule has 0 heterocycles. The van der Waals surface area contributed by atoms with Crippen molar-refractivity contribution >= 4 is 50.4 Å². The van der Waals surface area contributed by atoms with Crippen molar-refractivity contribution in [1.82, 2.24) is 0 Å². The van der Waals surface area contributed by atoms with Gasteiger partial charge in [0.05, 0.1) is 19.9 Å². The van der Waals surface area contributed by atoms with Gasteiger partial charge >= 0.3 is 0 Å². The average Bonchev–Trinajstić information content (AvgIpc) is 2.71. The van der Waals surface area contributed by atoms with E-state index in [1.54, 1.807) is 30.3 Å². The number of nitro groups is 1. The molecular weight excluding hydrogens is 463 g/mol. The number of Topliss-reactive ketones (excluding diaryl/α,β-unsaturated/α-hetero) is 1. The van der Waals surface area contributed by atoms with Crippen LogP contribution in [-0.2, 0) is 27.7 Å². The molecule has 0 radical (unpaired) electrons. The van der Waals surface area contributed by atoms with Gasteiger partial charge < -0.3 is 0 Å². The summed E-state index contributed by atoms with van der Waals surface area (Å²) in [6, 6.07) is 16.4. The number of hydrogen-bond donors (Lipinski definition) is 1. The Morgan fingerprint density at radius 1 is 0.935 bits per heavy atom. The van der Waals surface area contributed by atoms with Gasteiger partial charge in [-0.05, 0) is 35.9 Å². The highest BCUT2D eigenvalue weighted by Crippen LogP contribution is 2.26.